The second kappa shape index (κ2) is 9.79. The van der Waals surface area contributed by atoms with Gasteiger partial charge in [-0.05, 0) is 43.3 Å². The van der Waals surface area contributed by atoms with Gasteiger partial charge in [-0.15, -0.1) is 0 Å². The second-order valence-electron chi connectivity index (χ2n) is 9.35. The third-order valence-electron chi connectivity index (χ3n) is 6.67. The third kappa shape index (κ3) is 4.48. The molecule has 0 bridgehead atoms. The Labute approximate surface area is 231 Å². The minimum Gasteiger partial charge on any atom is -0.504 e. The van der Waals surface area contributed by atoms with Crippen molar-refractivity contribution in [1.82, 2.24) is 14.5 Å². The number of aromatic carboxylic acids is 1. The molecule has 2 aromatic carbocycles. The number of aromatic nitrogens is 3. The number of nitrogens with one attached hydrogen (secondary N) is 1. The number of hydrogen-bond acceptors (Lipinski definition) is 8. The molecule has 0 aliphatic rings. The van der Waals surface area contributed by atoms with E-state index in [1.54, 1.807) is 25.1 Å². The lowest BCUT2D eigenvalue weighted by molar-refractivity contribution is 0.0660. The van der Waals surface area contributed by atoms with Gasteiger partial charge < -0.3 is 38.4 Å². The van der Waals surface area contributed by atoms with Crippen molar-refractivity contribution in [3.63, 3.8) is 0 Å². The fourth-order valence-corrected chi connectivity index (χ4v) is 4.78. The standard InChI is InChI=1S/C30H23N3O8/c1-15-11-22(35)27(36)28(40-15)26-25(16-7-9-21(34)24(12-16)39-2)31-29(32-26)19-14-33(20-6-4-3-5-18(19)20)13-17-8-10-23(41-17)30(37)38/h3-12,14,34,36H,13H2,1-2H3,(H,31,32)(H,37,38). The number of para-hydroxylation sites is 1. The monoisotopic (exact) mass is 553 g/mol. The lowest BCUT2D eigenvalue weighted by Gasteiger charge is -2.08. The molecule has 0 aliphatic heterocycles. The van der Waals surface area contributed by atoms with Crippen molar-refractivity contribution in [2.45, 2.75) is 13.5 Å². The van der Waals surface area contributed by atoms with Gasteiger partial charge in [-0.1, -0.05) is 18.2 Å². The van der Waals surface area contributed by atoms with Gasteiger partial charge in [-0.25, -0.2) is 9.78 Å². The fraction of sp³-hybridized carbons (Fsp3) is 0.100. The molecule has 0 radical (unpaired) electrons. The van der Waals surface area contributed by atoms with Gasteiger partial charge in [-0.3, -0.25) is 4.79 Å². The first kappa shape index (κ1) is 25.6. The van der Waals surface area contributed by atoms with E-state index in [-0.39, 0.29) is 35.3 Å². The summed E-state index contributed by atoms with van der Waals surface area (Å²) in [4.78, 5) is 31.8. The summed E-state index contributed by atoms with van der Waals surface area (Å²) in [6.07, 6.45) is 1.85. The normalized spacial score (nSPS) is 11.3. The van der Waals surface area contributed by atoms with Crippen LogP contribution in [0.4, 0.5) is 0 Å². The molecule has 0 saturated heterocycles. The van der Waals surface area contributed by atoms with Crippen LogP contribution in [0, 0.1) is 6.92 Å². The summed E-state index contributed by atoms with van der Waals surface area (Å²) in [5.41, 5.74) is 2.05. The summed E-state index contributed by atoms with van der Waals surface area (Å²) in [6, 6.07) is 16.5. The minimum absolute atomic E-state index is 0.0643. The number of ether oxygens (including phenoxy) is 1. The summed E-state index contributed by atoms with van der Waals surface area (Å²) in [7, 11) is 1.43. The van der Waals surface area contributed by atoms with Gasteiger partial charge in [0.15, 0.2) is 17.3 Å². The maximum atomic E-state index is 12.5. The van der Waals surface area contributed by atoms with Crippen LogP contribution >= 0.6 is 0 Å². The van der Waals surface area contributed by atoms with Gasteiger partial charge >= 0.3 is 5.97 Å². The first-order valence-electron chi connectivity index (χ1n) is 12.4. The number of carboxylic acids is 1. The Balaban J connectivity index is 1.55. The first-order valence-corrected chi connectivity index (χ1v) is 12.4. The second-order valence-corrected chi connectivity index (χ2v) is 9.35. The topological polar surface area (TPSA) is 164 Å². The highest BCUT2D eigenvalue weighted by Crippen LogP contribution is 2.40. The van der Waals surface area contributed by atoms with Crippen LogP contribution in [0.1, 0.15) is 22.1 Å². The van der Waals surface area contributed by atoms with Crippen molar-refractivity contribution in [3.05, 3.63) is 94.4 Å². The number of H-pyrrole nitrogens is 1. The van der Waals surface area contributed by atoms with E-state index >= 15 is 0 Å². The lowest BCUT2D eigenvalue weighted by atomic mass is 10.1. The summed E-state index contributed by atoms with van der Waals surface area (Å²) < 4.78 is 18.5. The highest BCUT2D eigenvalue weighted by Gasteiger charge is 2.24. The van der Waals surface area contributed by atoms with Gasteiger partial charge in [-0.2, -0.15) is 0 Å². The molecule has 0 atom stereocenters. The molecule has 4 N–H and O–H groups in total. The number of carboxylic acid groups (broad SMARTS) is 1. The quantitative estimate of drug-likeness (QED) is 0.203. The van der Waals surface area contributed by atoms with Crippen LogP contribution in [0.5, 0.6) is 17.2 Å². The Hall–Kier alpha value is -5.71. The van der Waals surface area contributed by atoms with Crippen molar-refractivity contribution in [2.24, 2.45) is 0 Å². The molecule has 41 heavy (non-hydrogen) atoms. The largest absolute Gasteiger partial charge is 0.504 e. The lowest BCUT2D eigenvalue weighted by Crippen LogP contribution is -2.01. The molecule has 11 heteroatoms. The third-order valence-corrected chi connectivity index (χ3v) is 6.67. The molecule has 0 amide bonds. The van der Waals surface area contributed by atoms with Crippen LogP contribution in [0.15, 0.2) is 80.5 Å². The molecule has 11 nitrogen and oxygen atoms in total. The minimum atomic E-state index is -1.15. The number of furan rings is 1. The zero-order valence-corrected chi connectivity index (χ0v) is 21.8. The number of imidazole rings is 1. The van der Waals surface area contributed by atoms with Crippen molar-refractivity contribution < 1.29 is 33.7 Å². The Morgan fingerprint density at radius 2 is 1.88 bits per heavy atom. The molecule has 6 rings (SSSR count). The molecule has 0 aliphatic carbocycles. The number of rotatable bonds is 7. The van der Waals surface area contributed by atoms with Crippen molar-refractivity contribution in [1.29, 1.82) is 0 Å². The van der Waals surface area contributed by atoms with Gasteiger partial charge in [0.25, 0.3) is 0 Å². The van der Waals surface area contributed by atoms with Crippen molar-refractivity contribution in [2.75, 3.05) is 7.11 Å². The predicted octanol–water partition coefficient (Wildman–Crippen LogP) is 5.39. The summed E-state index contributed by atoms with van der Waals surface area (Å²) >= 11 is 0. The first-order chi connectivity index (χ1) is 19.7. The van der Waals surface area contributed by atoms with E-state index in [9.17, 15) is 24.9 Å². The zero-order valence-electron chi connectivity index (χ0n) is 21.8. The predicted molar refractivity (Wildman–Crippen MR) is 148 cm³/mol. The van der Waals surface area contributed by atoms with Crippen LogP contribution in [0.3, 0.4) is 0 Å². The smallest absolute Gasteiger partial charge is 0.371 e. The van der Waals surface area contributed by atoms with Gasteiger partial charge in [0.2, 0.25) is 16.9 Å². The Bertz CT molecular complexity index is 2010. The van der Waals surface area contributed by atoms with E-state index in [2.05, 4.69) is 4.98 Å². The number of hydrogen-bond donors (Lipinski definition) is 4. The molecular weight excluding hydrogens is 530 g/mol. The molecular formula is C30H23N3O8. The van der Waals surface area contributed by atoms with E-state index in [1.807, 2.05) is 35.0 Å². The molecule has 0 spiro atoms. The van der Waals surface area contributed by atoms with Crippen LogP contribution < -0.4 is 10.2 Å². The molecule has 6 aromatic rings. The molecule has 4 aromatic heterocycles. The van der Waals surface area contributed by atoms with E-state index in [0.717, 1.165) is 10.9 Å². The highest BCUT2D eigenvalue weighted by atomic mass is 16.5. The number of aromatic hydroxyl groups is 2. The molecule has 4 heterocycles. The number of benzene rings is 2. The Morgan fingerprint density at radius 1 is 1.07 bits per heavy atom. The van der Waals surface area contributed by atoms with Crippen LogP contribution in [0.2, 0.25) is 0 Å². The number of nitrogens with zero attached hydrogens (tertiary/aromatic N) is 2. The fourth-order valence-electron chi connectivity index (χ4n) is 4.78. The number of methoxy groups -OCH3 is 1. The van der Waals surface area contributed by atoms with Crippen LogP contribution in [0.25, 0.3) is 45.0 Å². The number of aromatic amines is 1. The van der Waals surface area contributed by atoms with Gasteiger partial charge in [0.1, 0.15) is 28.7 Å². The molecule has 206 valence electrons. The van der Waals surface area contributed by atoms with E-state index < -0.39 is 17.1 Å². The zero-order chi connectivity index (χ0) is 28.8. The van der Waals surface area contributed by atoms with Crippen molar-refractivity contribution in [3.8, 4) is 51.3 Å². The van der Waals surface area contributed by atoms with Crippen LogP contribution in [-0.4, -0.2) is 42.9 Å². The Kier molecular flexibility index (Phi) is 6.11. The average molecular weight is 554 g/mol. The number of carbonyl (C=O) groups is 1. The highest BCUT2D eigenvalue weighted by molar-refractivity contribution is 5.96. The maximum Gasteiger partial charge on any atom is 0.371 e. The van der Waals surface area contributed by atoms with Gasteiger partial charge in [0, 0.05) is 34.3 Å². The number of phenolic OH excluding ortho intramolecular Hbond substituents is 1. The number of fused-ring (bicyclic) bond motifs is 1. The molecule has 0 saturated carbocycles. The maximum absolute atomic E-state index is 12.5. The SMILES string of the molecule is COc1cc(-c2nc(-c3cn(Cc4ccc(C(=O)O)o4)c4ccccc34)[nH]c2-c2oc(C)cc(=O)c2O)ccc1O. The molecule has 0 fully saturated rings. The number of phenols is 1. The van der Waals surface area contributed by atoms with Crippen LogP contribution in [-0.2, 0) is 6.54 Å². The summed E-state index contributed by atoms with van der Waals surface area (Å²) in [6.45, 7) is 1.86. The molecule has 0 unspecified atom stereocenters. The Morgan fingerprint density at radius 3 is 2.63 bits per heavy atom. The summed E-state index contributed by atoms with van der Waals surface area (Å²) in [5.74, 6) is -0.658. The van der Waals surface area contributed by atoms with Gasteiger partial charge in [0.05, 0.1) is 13.7 Å². The average Bonchev–Trinajstić information content (AvgIpc) is 3.69. The number of aryl methyl sites for hydroxylation is 1. The van der Waals surface area contributed by atoms with Crippen molar-refractivity contribution >= 4 is 16.9 Å². The van der Waals surface area contributed by atoms with E-state index in [4.69, 9.17) is 18.6 Å². The van der Waals surface area contributed by atoms with E-state index in [1.165, 1.54) is 25.3 Å². The van der Waals surface area contributed by atoms with E-state index in [0.29, 0.717) is 34.2 Å². The summed E-state index contributed by atoms with van der Waals surface area (Å²) in [5, 5.41) is 30.9.